The lowest BCUT2D eigenvalue weighted by atomic mass is 10.0. The Morgan fingerprint density at radius 2 is 1.88 bits per heavy atom. The summed E-state index contributed by atoms with van der Waals surface area (Å²) in [5.74, 6) is 1.53. The number of fused-ring (bicyclic) bond motifs is 1. The third-order valence-electron chi connectivity index (χ3n) is 4.87. The number of anilines is 1. The van der Waals surface area contributed by atoms with Crippen LogP contribution < -0.4 is 15.0 Å². The van der Waals surface area contributed by atoms with Gasteiger partial charge in [0.15, 0.2) is 0 Å². The molecule has 0 spiro atoms. The lowest BCUT2D eigenvalue weighted by Crippen LogP contribution is -2.42. The Bertz CT molecular complexity index is 862. The highest BCUT2D eigenvalue weighted by atomic mass is 16.5. The summed E-state index contributed by atoms with van der Waals surface area (Å²) < 4.78 is 5.49. The first-order chi connectivity index (χ1) is 12.8. The summed E-state index contributed by atoms with van der Waals surface area (Å²) in [6.45, 7) is 2.69. The molecule has 0 radical (unpaired) electrons. The lowest BCUT2D eigenvalue weighted by Gasteiger charge is -2.32. The summed E-state index contributed by atoms with van der Waals surface area (Å²) in [6.07, 6.45) is 5.74. The number of para-hydroxylation sites is 1. The van der Waals surface area contributed by atoms with E-state index >= 15 is 0 Å². The summed E-state index contributed by atoms with van der Waals surface area (Å²) >= 11 is 0. The molecule has 1 aliphatic heterocycles. The predicted molar refractivity (Wildman–Crippen MR) is 102 cm³/mol. The number of nitrogens with one attached hydrogen (secondary N) is 1. The van der Waals surface area contributed by atoms with E-state index < -0.39 is 0 Å². The minimum Gasteiger partial charge on any atom is -0.481 e. The standard InChI is InChI=1S/C20H23N5O/c1-26-19-16(13-15-5-2-3-6-18(15)24-19)14-23-17-7-11-25(12-8-17)20-21-9-4-10-22-20/h2-6,9-10,13,17,23H,7-8,11-12,14H2,1H3. The van der Waals surface area contributed by atoms with Crippen LogP contribution >= 0.6 is 0 Å². The van der Waals surface area contributed by atoms with Crippen LogP contribution in [0.5, 0.6) is 5.88 Å². The zero-order valence-electron chi connectivity index (χ0n) is 14.9. The van der Waals surface area contributed by atoms with Crippen LogP contribution in [-0.2, 0) is 6.54 Å². The molecule has 0 unspecified atom stereocenters. The minimum atomic E-state index is 0.478. The van der Waals surface area contributed by atoms with Gasteiger partial charge in [0.05, 0.1) is 12.6 Å². The Labute approximate surface area is 153 Å². The molecule has 1 aromatic carbocycles. The largest absolute Gasteiger partial charge is 0.481 e. The highest BCUT2D eigenvalue weighted by Crippen LogP contribution is 2.23. The van der Waals surface area contributed by atoms with Crippen LogP contribution in [0.4, 0.5) is 5.95 Å². The molecule has 1 saturated heterocycles. The number of benzene rings is 1. The normalized spacial score (nSPS) is 15.3. The van der Waals surface area contributed by atoms with Gasteiger partial charge in [-0.1, -0.05) is 18.2 Å². The number of methoxy groups -OCH3 is 1. The lowest BCUT2D eigenvalue weighted by molar-refractivity contribution is 0.380. The molecule has 0 aliphatic carbocycles. The van der Waals surface area contributed by atoms with E-state index in [2.05, 4.69) is 37.3 Å². The van der Waals surface area contributed by atoms with E-state index in [9.17, 15) is 0 Å². The minimum absolute atomic E-state index is 0.478. The molecular formula is C20H23N5O. The van der Waals surface area contributed by atoms with Crippen LogP contribution in [-0.4, -0.2) is 41.2 Å². The molecule has 1 aliphatic rings. The van der Waals surface area contributed by atoms with Crippen molar-refractivity contribution in [1.29, 1.82) is 0 Å². The van der Waals surface area contributed by atoms with Gasteiger partial charge >= 0.3 is 0 Å². The van der Waals surface area contributed by atoms with Crippen LogP contribution in [0.3, 0.4) is 0 Å². The smallest absolute Gasteiger partial charge is 0.225 e. The summed E-state index contributed by atoms with van der Waals surface area (Å²) in [5.41, 5.74) is 2.06. The number of ether oxygens (including phenoxy) is 1. The Hall–Kier alpha value is -2.73. The number of pyridine rings is 1. The topological polar surface area (TPSA) is 63.2 Å². The van der Waals surface area contributed by atoms with Gasteiger partial charge in [-0.05, 0) is 31.0 Å². The summed E-state index contributed by atoms with van der Waals surface area (Å²) in [4.78, 5) is 15.6. The third kappa shape index (κ3) is 3.60. The maximum atomic E-state index is 5.49. The van der Waals surface area contributed by atoms with Crippen LogP contribution in [0, 0.1) is 0 Å². The van der Waals surface area contributed by atoms with E-state index in [0.29, 0.717) is 11.9 Å². The van der Waals surface area contributed by atoms with Gasteiger partial charge in [-0.25, -0.2) is 15.0 Å². The van der Waals surface area contributed by atoms with Crippen LogP contribution in [0.25, 0.3) is 10.9 Å². The summed E-state index contributed by atoms with van der Waals surface area (Å²) in [6, 6.07) is 12.6. The Morgan fingerprint density at radius 3 is 2.65 bits per heavy atom. The molecule has 6 heteroatoms. The van der Waals surface area contributed by atoms with Crippen molar-refractivity contribution < 1.29 is 4.74 Å². The van der Waals surface area contributed by atoms with Crippen molar-refractivity contribution in [2.24, 2.45) is 0 Å². The van der Waals surface area contributed by atoms with Crippen molar-refractivity contribution in [2.45, 2.75) is 25.4 Å². The number of hydrogen-bond donors (Lipinski definition) is 1. The van der Waals surface area contributed by atoms with Crippen LogP contribution in [0.15, 0.2) is 48.8 Å². The molecule has 0 bridgehead atoms. The SMILES string of the molecule is COc1nc2ccccc2cc1CNC1CCN(c2ncccn2)CC1. The van der Waals surface area contributed by atoms with Gasteiger partial charge in [0, 0.05) is 49.0 Å². The maximum absolute atomic E-state index is 5.49. The van der Waals surface area contributed by atoms with Gasteiger partial charge < -0.3 is 15.0 Å². The van der Waals surface area contributed by atoms with E-state index in [0.717, 1.165) is 54.9 Å². The number of hydrogen-bond acceptors (Lipinski definition) is 6. The molecule has 0 amide bonds. The van der Waals surface area contributed by atoms with E-state index in [-0.39, 0.29) is 0 Å². The fraction of sp³-hybridized carbons (Fsp3) is 0.350. The summed E-state index contributed by atoms with van der Waals surface area (Å²) in [5, 5.41) is 4.80. The Morgan fingerprint density at radius 1 is 1.12 bits per heavy atom. The highest BCUT2D eigenvalue weighted by Gasteiger charge is 2.20. The Balaban J connectivity index is 1.38. The molecule has 26 heavy (non-hydrogen) atoms. The number of nitrogens with zero attached hydrogens (tertiary/aromatic N) is 4. The maximum Gasteiger partial charge on any atom is 0.225 e. The van der Waals surface area contributed by atoms with Gasteiger partial charge in [-0.3, -0.25) is 0 Å². The van der Waals surface area contributed by atoms with Crippen molar-refractivity contribution in [3.8, 4) is 5.88 Å². The molecule has 1 N–H and O–H groups in total. The van der Waals surface area contributed by atoms with Crippen LogP contribution in [0.2, 0.25) is 0 Å². The van der Waals surface area contributed by atoms with E-state index in [1.165, 1.54) is 0 Å². The second-order valence-electron chi connectivity index (χ2n) is 6.54. The van der Waals surface area contributed by atoms with Crippen molar-refractivity contribution in [1.82, 2.24) is 20.3 Å². The van der Waals surface area contributed by atoms with Gasteiger partial charge in [-0.15, -0.1) is 0 Å². The van der Waals surface area contributed by atoms with Gasteiger partial charge in [0.2, 0.25) is 11.8 Å². The molecule has 3 heterocycles. The molecule has 6 nitrogen and oxygen atoms in total. The zero-order chi connectivity index (χ0) is 17.8. The number of piperidine rings is 1. The molecule has 2 aromatic heterocycles. The molecule has 1 fully saturated rings. The van der Waals surface area contributed by atoms with Gasteiger partial charge in [0.25, 0.3) is 0 Å². The second-order valence-corrected chi connectivity index (χ2v) is 6.54. The van der Waals surface area contributed by atoms with Gasteiger partial charge in [0.1, 0.15) is 0 Å². The van der Waals surface area contributed by atoms with Crippen molar-refractivity contribution in [3.63, 3.8) is 0 Å². The van der Waals surface area contributed by atoms with Crippen molar-refractivity contribution >= 4 is 16.9 Å². The van der Waals surface area contributed by atoms with E-state index in [1.54, 1.807) is 19.5 Å². The van der Waals surface area contributed by atoms with E-state index in [1.807, 2.05) is 24.3 Å². The first-order valence-electron chi connectivity index (χ1n) is 9.01. The first-order valence-corrected chi connectivity index (χ1v) is 9.01. The molecular weight excluding hydrogens is 326 g/mol. The monoisotopic (exact) mass is 349 g/mol. The third-order valence-corrected chi connectivity index (χ3v) is 4.87. The second kappa shape index (κ2) is 7.66. The average Bonchev–Trinajstić information content (AvgIpc) is 2.72. The zero-order valence-corrected chi connectivity index (χ0v) is 14.9. The van der Waals surface area contributed by atoms with Crippen LogP contribution in [0.1, 0.15) is 18.4 Å². The van der Waals surface area contributed by atoms with E-state index in [4.69, 9.17) is 4.74 Å². The fourth-order valence-electron chi connectivity index (χ4n) is 3.44. The molecule has 3 aromatic rings. The molecule has 4 rings (SSSR count). The molecule has 134 valence electrons. The predicted octanol–water partition coefficient (Wildman–Crippen LogP) is 2.79. The number of rotatable bonds is 5. The van der Waals surface area contributed by atoms with Gasteiger partial charge in [-0.2, -0.15) is 0 Å². The quantitative estimate of drug-likeness (QED) is 0.764. The summed E-state index contributed by atoms with van der Waals surface area (Å²) in [7, 11) is 1.68. The average molecular weight is 349 g/mol. The Kier molecular flexibility index (Phi) is 4.93. The highest BCUT2D eigenvalue weighted by molar-refractivity contribution is 5.80. The van der Waals surface area contributed by atoms with Crippen molar-refractivity contribution in [3.05, 3.63) is 54.4 Å². The molecule has 0 atom stereocenters. The number of aromatic nitrogens is 3. The van der Waals surface area contributed by atoms with Crippen molar-refractivity contribution in [2.75, 3.05) is 25.1 Å². The molecule has 0 saturated carbocycles. The first kappa shape index (κ1) is 16.7. The fourth-order valence-corrected chi connectivity index (χ4v) is 3.44.